The summed E-state index contributed by atoms with van der Waals surface area (Å²) in [6.07, 6.45) is 4.72. The number of rotatable bonds is 7. The van der Waals surface area contributed by atoms with Crippen LogP contribution in [-0.4, -0.2) is 45.9 Å². The number of thioether (sulfide) groups is 1. The molecule has 2 aliphatic rings. The molecule has 0 heterocycles. The molecule has 0 bridgehead atoms. The molecule has 2 rings (SSSR count). The van der Waals surface area contributed by atoms with E-state index >= 15 is 0 Å². The van der Waals surface area contributed by atoms with Crippen LogP contribution in [0.15, 0.2) is 0 Å². The van der Waals surface area contributed by atoms with E-state index in [1.807, 2.05) is 20.8 Å². The van der Waals surface area contributed by atoms with Gasteiger partial charge < -0.3 is 9.84 Å². The predicted molar refractivity (Wildman–Crippen MR) is 81.9 cm³/mol. The highest BCUT2D eigenvalue weighted by Gasteiger charge is 2.49. The zero-order valence-electron chi connectivity index (χ0n) is 12.7. The van der Waals surface area contributed by atoms with E-state index in [1.54, 1.807) is 11.8 Å². The third-order valence-corrected chi connectivity index (χ3v) is 5.89. The third-order valence-electron chi connectivity index (χ3n) is 4.28. The van der Waals surface area contributed by atoms with Crippen LogP contribution < -0.4 is 5.32 Å². The van der Waals surface area contributed by atoms with Crippen LogP contribution in [0.2, 0.25) is 0 Å². The summed E-state index contributed by atoms with van der Waals surface area (Å²) in [7, 11) is 0. The second-order valence-electron chi connectivity index (χ2n) is 6.17. The predicted octanol–water partition coefficient (Wildman–Crippen LogP) is 2.10. The van der Waals surface area contributed by atoms with Crippen LogP contribution >= 0.6 is 11.8 Å². The largest absolute Gasteiger partial charge is 0.465 e. The Kier molecular flexibility index (Phi) is 5.37. The first kappa shape index (κ1) is 16.1. The fourth-order valence-corrected chi connectivity index (χ4v) is 4.27. The number of hydrogen-bond acceptors (Lipinski definition) is 5. The Labute approximate surface area is 126 Å². The Bertz CT molecular complexity index is 346. The summed E-state index contributed by atoms with van der Waals surface area (Å²) in [6, 6.07) is 0.498. The highest BCUT2D eigenvalue weighted by atomic mass is 32.2. The van der Waals surface area contributed by atoms with Crippen molar-refractivity contribution < 1.29 is 14.6 Å². The highest BCUT2D eigenvalue weighted by molar-refractivity contribution is 8.00. The summed E-state index contributed by atoms with van der Waals surface area (Å²) in [5.74, 6) is -0.0836. The van der Waals surface area contributed by atoms with Crippen molar-refractivity contribution in [1.82, 2.24) is 5.32 Å². The quantitative estimate of drug-likeness (QED) is 0.705. The van der Waals surface area contributed by atoms with Gasteiger partial charge in [-0.3, -0.25) is 10.1 Å². The van der Waals surface area contributed by atoms with Gasteiger partial charge in [-0.25, -0.2) is 0 Å². The Morgan fingerprint density at radius 3 is 2.70 bits per heavy atom. The summed E-state index contributed by atoms with van der Waals surface area (Å²) in [5.41, 5.74) is -0.479. The van der Waals surface area contributed by atoms with Crippen LogP contribution in [0.3, 0.4) is 0 Å². The molecule has 2 saturated carbocycles. The fraction of sp³-hybridized carbons (Fsp3) is 0.933. The van der Waals surface area contributed by atoms with E-state index in [9.17, 15) is 9.90 Å². The molecule has 0 aromatic carbocycles. The Morgan fingerprint density at radius 2 is 2.15 bits per heavy atom. The monoisotopic (exact) mass is 301 g/mol. The summed E-state index contributed by atoms with van der Waals surface area (Å²) in [4.78, 5) is 12.4. The lowest BCUT2D eigenvalue weighted by molar-refractivity contribution is -0.151. The summed E-state index contributed by atoms with van der Waals surface area (Å²) < 4.78 is 5.30. The van der Waals surface area contributed by atoms with Gasteiger partial charge in [-0.2, -0.15) is 11.8 Å². The van der Waals surface area contributed by atoms with E-state index in [0.29, 0.717) is 17.9 Å². The molecule has 0 saturated heterocycles. The molecule has 4 atom stereocenters. The second kappa shape index (κ2) is 6.67. The zero-order valence-corrected chi connectivity index (χ0v) is 13.5. The van der Waals surface area contributed by atoms with Crippen LogP contribution in [0.1, 0.15) is 52.9 Å². The molecule has 4 unspecified atom stereocenters. The number of carbonyl (C=O) groups is 1. The lowest BCUT2D eigenvalue weighted by Crippen LogP contribution is -2.52. The first-order chi connectivity index (χ1) is 9.47. The Balaban J connectivity index is 1.97. The number of aliphatic hydroxyl groups excluding tert-OH is 1. The summed E-state index contributed by atoms with van der Waals surface area (Å²) in [6.45, 7) is 6.18. The molecule has 4 nitrogen and oxygen atoms in total. The van der Waals surface area contributed by atoms with Crippen molar-refractivity contribution in [3.05, 3.63) is 0 Å². The topological polar surface area (TPSA) is 58.6 Å². The minimum atomic E-state index is -0.479. The third kappa shape index (κ3) is 3.89. The molecule has 2 fully saturated rings. The Morgan fingerprint density at radius 1 is 1.45 bits per heavy atom. The van der Waals surface area contributed by atoms with Gasteiger partial charge in [-0.1, -0.05) is 6.92 Å². The molecule has 2 aliphatic carbocycles. The first-order valence-corrected chi connectivity index (χ1v) is 8.69. The van der Waals surface area contributed by atoms with Crippen molar-refractivity contribution >= 4 is 17.7 Å². The molecule has 2 N–H and O–H groups in total. The summed E-state index contributed by atoms with van der Waals surface area (Å²) in [5, 5.41) is 13.8. The summed E-state index contributed by atoms with van der Waals surface area (Å²) >= 11 is 1.80. The number of hydrogen-bond donors (Lipinski definition) is 2. The minimum Gasteiger partial charge on any atom is -0.465 e. The fourth-order valence-electron chi connectivity index (χ4n) is 2.80. The molecule has 116 valence electrons. The van der Waals surface area contributed by atoms with Crippen molar-refractivity contribution in [3.8, 4) is 0 Å². The highest BCUT2D eigenvalue weighted by Crippen LogP contribution is 2.41. The van der Waals surface area contributed by atoms with Gasteiger partial charge in [0.1, 0.15) is 5.54 Å². The molecule has 0 spiro atoms. The smallest absolute Gasteiger partial charge is 0.326 e. The van der Waals surface area contributed by atoms with Gasteiger partial charge in [0, 0.05) is 16.5 Å². The first-order valence-electron chi connectivity index (χ1n) is 7.75. The molecular formula is C15H27NO3S. The molecule has 0 amide bonds. The maximum atomic E-state index is 12.4. The Hall–Kier alpha value is -0.260. The standard InChI is InChI=1S/C15H27NO3S/c1-4-19-14(18)15(16-12-5-6-12)8-7-13(9-15)20-11(3)10(2)17/h10-13,16-17H,4-9H2,1-3H3. The van der Waals surface area contributed by atoms with E-state index in [4.69, 9.17) is 4.74 Å². The lowest BCUT2D eigenvalue weighted by atomic mass is 9.97. The van der Waals surface area contributed by atoms with Crippen molar-refractivity contribution in [2.24, 2.45) is 0 Å². The number of ether oxygens (including phenoxy) is 1. The van der Waals surface area contributed by atoms with Gasteiger partial charge in [0.15, 0.2) is 0 Å². The molecule has 0 aromatic heterocycles. The molecule has 5 heteroatoms. The SMILES string of the molecule is CCOC(=O)C1(NC2CC2)CCC(SC(C)C(C)O)C1. The van der Waals surface area contributed by atoms with Gasteiger partial charge in [0.25, 0.3) is 0 Å². The molecule has 20 heavy (non-hydrogen) atoms. The van der Waals surface area contributed by atoms with E-state index < -0.39 is 5.54 Å². The van der Waals surface area contributed by atoms with Crippen LogP contribution in [-0.2, 0) is 9.53 Å². The van der Waals surface area contributed by atoms with Crippen molar-refractivity contribution in [1.29, 1.82) is 0 Å². The number of carbonyl (C=O) groups excluding carboxylic acids is 1. The van der Waals surface area contributed by atoms with E-state index in [-0.39, 0.29) is 17.3 Å². The number of esters is 1. The number of nitrogens with one attached hydrogen (secondary N) is 1. The van der Waals surface area contributed by atoms with Crippen LogP contribution in [0.5, 0.6) is 0 Å². The van der Waals surface area contributed by atoms with Crippen LogP contribution in [0.4, 0.5) is 0 Å². The van der Waals surface area contributed by atoms with Gasteiger partial charge >= 0.3 is 5.97 Å². The van der Waals surface area contributed by atoms with Gasteiger partial charge in [0.05, 0.1) is 12.7 Å². The van der Waals surface area contributed by atoms with Gasteiger partial charge in [0.2, 0.25) is 0 Å². The average Bonchev–Trinajstić information content (AvgIpc) is 3.10. The van der Waals surface area contributed by atoms with E-state index in [1.165, 1.54) is 12.8 Å². The second-order valence-corrected chi connectivity index (χ2v) is 7.85. The lowest BCUT2D eigenvalue weighted by Gasteiger charge is -2.29. The molecule has 0 aliphatic heterocycles. The molecule has 0 aromatic rings. The maximum absolute atomic E-state index is 12.4. The maximum Gasteiger partial charge on any atom is 0.326 e. The van der Waals surface area contributed by atoms with Crippen LogP contribution in [0, 0.1) is 0 Å². The van der Waals surface area contributed by atoms with Crippen LogP contribution in [0.25, 0.3) is 0 Å². The number of aliphatic hydroxyl groups is 1. The van der Waals surface area contributed by atoms with Crippen molar-refractivity contribution in [2.45, 2.75) is 81.1 Å². The zero-order chi connectivity index (χ0) is 14.8. The normalized spacial score (nSPS) is 32.9. The van der Waals surface area contributed by atoms with Gasteiger partial charge in [-0.05, 0) is 46.0 Å². The van der Waals surface area contributed by atoms with Gasteiger partial charge in [-0.15, -0.1) is 0 Å². The average molecular weight is 301 g/mol. The van der Waals surface area contributed by atoms with Crippen molar-refractivity contribution in [2.75, 3.05) is 6.61 Å². The molecule has 0 radical (unpaired) electrons. The van der Waals surface area contributed by atoms with E-state index in [0.717, 1.165) is 19.3 Å². The molecular weight excluding hydrogens is 274 g/mol. The minimum absolute atomic E-state index is 0.0836. The van der Waals surface area contributed by atoms with E-state index in [2.05, 4.69) is 5.32 Å². The van der Waals surface area contributed by atoms with Crippen molar-refractivity contribution in [3.63, 3.8) is 0 Å².